The summed E-state index contributed by atoms with van der Waals surface area (Å²) in [5.74, 6) is -0.208. The minimum Gasteiger partial charge on any atom is -0.497 e. The number of nitrogens with zero attached hydrogens (tertiary/aromatic N) is 1. The van der Waals surface area contributed by atoms with Crippen LogP contribution >= 0.6 is 0 Å². The van der Waals surface area contributed by atoms with Crippen molar-refractivity contribution in [3.8, 4) is 5.75 Å². The van der Waals surface area contributed by atoms with Crippen LogP contribution in [0.3, 0.4) is 0 Å². The van der Waals surface area contributed by atoms with Gasteiger partial charge in [-0.1, -0.05) is 12.1 Å². The molecule has 1 amide bonds. The highest BCUT2D eigenvalue weighted by atomic mass is 19.1. The normalized spacial score (nSPS) is 20.7. The SMILES string of the molecule is COc1ccc(C2c3c(oc4ccc(F)cc4c3=O)C(=O)N2CC2CCCO2)cc1. The molecule has 3 heterocycles. The van der Waals surface area contributed by atoms with Crippen molar-refractivity contribution in [1.82, 2.24) is 4.90 Å². The Labute approximate surface area is 171 Å². The average molecular weight is 409 g/mol. The standard InChI is InChI=1S/C23H20FNO5/c1-28-15-7-4-13(5-8-15)20-19-21(26)17-11-14(24)6-9-18(17)30-22(19)23(27)25(20)12-16-3-2-10-29-16/h4-9,11,16,20H,2-3,10,12H2,1H3. The van der Waals surface area contributed by atoms with Gasteiger partial charge in [0.25, 0.3) is 5.91 Å². The van der Waals surface area contributed by atoms with Gasteiger partial charge in [-0.05, 0) is 48.7 Å². The first-order chi connectivity index (χ1) is 14.6. The van der Waals surface area contributed by atoms with Gasteiger partial charge in [0.05, 0.1) is 30.2 Å². The van der Waals surface area contributed by atoms with Gasteiger partial charge >= 0.3 is 0 Å². The smallest absolute Gasteiger partial charge is 0.291 e. The lowest BCUT2D eigenvalue weighted by atomic mass is 9.98. The van der Waals surface area contributed by atoms with E-state index >= 15 is 0 Å². The van der Waals surface area contributed by atoms with Gasteiger partial charge in [-0.3, -0.25) is 9.59 Å². The van der Waals surface area contributed by atoms with Crippen molar-refractivity contribution in [1.29, 1.82) is 0 Å². The van der Waals surface area contributed by atoms with Crippen LogP contribution in [0.25, 0.3) is 11.0 Å². The molecular weight excluding hydrogens is 389 g/mol. The third-order valence-corrected chi connectivity index (χ3v) is 5.78. The number of fused-ring (bicyclic) bond motifs is 2. The zero-order valence-electron chi connectivity index (χ0n) is 16.4. The molecular formula is C23H20FNO5. The number of amides is 1. The first-order valence-corrected chi connectivity index (χ1v) is 9.89. The number of ether oxygens (including phenoxy) is 2. The van der Waals surface area contributed by atoms with Gasteiger partial charge in [0.15, 0.2) is 5.43 Å². The van der Waals surface area contributed by atoms with E-state index < -0.39 is 17.3 Å². The number of benzene rings is 2. The summed E-state index contributed by atoms with van der Waals surface area (Å²) in [7, 11) is 1.57. The average Bonchev–Trinajstić information content (AvgIpc) is 3.37. The van der Waals surface area contributed by atoms with Crippen molar-refractivity contribution in [3.05, 3.63) is 75.4 Å². The van der Waals surface area contributed by atoms with Crippen LogP contribution in [0.2, 0.25) is 0 Å². The Morgan fingerprint density at radius 3 is 2.67 bits per heavy atom. The third-order valence-electron chi connectivity index (χ3n) is 5.78. The van der Waals surface area contributed by atoms with Crippen molar-refractivity contribution in [2.24, 2.45) is 0 Å². The summed E-state index contributed by atoms with van der Waals surface area (Å²) in [6.45, 7) is 1.01. The maximum atomic E-state index is 13.8. The fraction of sp³-hybridized carbons (Fsp3) is 0.304. The molecule has 2 unspecified atom stereocenters. The number of carbonyl (C=O) groups excluding carboxylic acids is 1. The zero-order chi connectivity index (χ0) is 20.8. The molecule has 1 fully saturated rings. The molecule has 30 heavy (non-hydrogen) atoms. The molecule has 2 aromatic carbocycles. The molecule has 5 rings (SSSR count). The van der Waals surface area contributed by atoms with Crippen molar-refractivity contribution >= 4 is 16.9 Å². The first kappa shape index (κ1) is 18.8. The van der Waals surface area contributed by atoms with E-state index in [-0.39, 0.29) is 34.3 Å². The molecule has 1 saturated heterocycles. The summed E-state index contributed by atoms with van der Waals surface area (Å²) >= 11 is 0. The predicted octanol–water partition coefficient (Wildman–Crippen LogP) is 3.66. The van der Waals surface area contributed by atoms with Crippen molar-refractivity contribution in [3.63, 3.8) is 0 Å². The maximum Gasteiger partial charge on any atom is 0.291 e. The summed E-state index contributed by atoms with van der Waals surface area (Å²) < 4.78 is 30.6. The maximum absolute atomic E-state index is 13.8. The van der Waals surface area contributed by atoms with Crippen LogP contribution in [0, 0.1) is 5.82 Å². The summed E-state index contributed by atoms with van der Waals surface area (Å²) in [6.07, 6.45) is 1.70. The molecule has 0 spiro atoms. The minimum atomic E-state index is -0.633. The first-order valence-electron chi connectivity index (χ1n) is 9.89. The molecule has 6 nitrogen and oxygen atoms in total. The summed E-state index contributed by atoms with van der Waals surface area (Å²) in [5.41, 5.74) is 0.793. The van der Waals surface area contributed by atoms with E-state index in [1.54, 1.807) is 24.1 Å². The largest absolute Gasteiger partial charge is 0.497 e. The minimum absolute atomic E-state index is 0.0120. The lowest BCUT2D eigenvalue weighted by Crippen LogP contribution is -2.36. The number of halogens is 1. The topological polar surface area (TPSA) is 69.0 Å². The fourth-order valence-corrected chi connectivity index (χ4v) is 4.32. The second kappa shape index (κ2) is 7.25. The lowest BCUT2D eigenvalue weighted by Gasteiger charge is -2.27. The van der Waals surface area contributed by atoms with Crippen LogP contribution < -0.4 is 10.2 Å². The van der Waals surface area contributed by atoms with Crippen LogP contribution in [-0.2, 0) is 4.74 Å². The number of methoxy groups -OCH3 is 1. The molecule has 154 valence electrons. The van der Waals surface area contributed by atoms with Crippen molar-refractivity contribution in [2.45, 2.75) is 25.0 Å². The van der Waals surface area contributed by atoms with Gasteiger partial charge in [-0.15, -0.1) is 0 Å². The second-order valence-corrected chi connectivity index (χ2v) is 7.58. The van der Waals surface area contributed by atoms with E-state index in [1.165, 1.54) is 12.1 Å². The van der Waals surface area contributed by atoms with Gasteiger partial charge in [-0.2, -0.15) is 0 Å². The molecule has 3 aromatic rings. The predicted molar refractivity (Wildman–Crippen MR) is 107 cm³/mol. The third kappa shape index (κ3) is 2.97. The van der Waals surface area contributed by atoms with E-state index in [2.05, 4.69) is 0 Å². The summed E-state index contributed by atoms with van der Waals surface area (Å²) in [4.78, 5) is 28.3. The quantitative estimate of drug-likeness (QED) is 0.658. The van der Waals surface area contributed by atoms with Gasteiger partial charge in [0.1, 0.15) is 17.1 Å². The highest BCUT2D eigenvalue weighted by molar-refractivity contribution is 5.99. The van der Waals surface area contributed by atoms with Crippen LogP contribution in [-0.4, -0.2) is 37.2 Å². The second-order valence-electron chi connectivity index (χ2n) is 7.58. The summed E-state index contributed by atoms with van der Waals surface area (Å²) in [6, 6.07) is 10.3. The molecule has 2 aliphatic heterocycles. The number of hydrogen-bond donors (Lipinski definition) is 0. The Bertz CT molecular complexity index is 1180. The molecule has 0 aliphatic carbocycles. The molecule has 1 aromatic heterocycles. The molecule has 0 saturated carbocycles. The van der Waals surface area contributed by atoms with Gasteiger partial charge in [0.2, 0.25) is 5.76 Å². The Hall–Kier alpha value is -3.19. The number of carbonyl (C=O) groups is 1. The molecule has 7 heteroatoms. The van der Waals surface area contributed by atoms with Gasteiger partial charge in [0, 0.05) is 13.2 Å². The van der Waals surface area contributed by atoms with Crippen molar-refractivity contribution < 1.29 is 23.1 Å². The Morgan fingerprint density at radius 2 is 1.97 bits per heavy atom. The van der Waals surface area contributed by atoms with Crippen LogP contribution in [0.15, 0.2) is 51.7 Å². The lowest BCUT2D eigenvalue weighted by molar-refractivity contribution is 0.0486. The molecule has 2 atom stereocenters. The van der Waals surface area contributed by atoms with E-state index in [0.29, 0.717) is 18.9 Å². The fourth-order valence-electron chi connectivity index (χ4n) is 4.32. The Morgan fingerprint density at radius 1 is 1.17 bits per heavy atom. The van der Waals surface area contributed by atoms with Crippen LogP contribution in [0.4, 0.5) is 4.39 Å². The number of hydrogen-bond acceptors (Lipinski definition) is 5. The molecule has 2 aliphatic rings. The molecule has 0 N–H and O–H groups in total. The van der Waals surface area contributed by atoms with Crippen LogP contribution in [0.1, 0.15) is 40.6 Å². The summed E-state index contributed by atoms with van der Waals surface area (Å²) in [5, 5.41) is 0.124. The monoisotopic (exact) mass is 409 g/mol. The molecule has 0 radical (unpaired) electrons. The van der Waals surface area contributed by atoms with E-state index in [4.69, 9.17) is 13.9 Å². The highest BCUT2D eigenvalue weighted by Gasteiger charge is 2.43. The molecule has 0 bridgehead atoms. The van der Waals surface area contributed by atoms with Gasteiger partial charge < -0.3 is 18.8 Å². The highest BCUT2D eigenvalue weighted by Crippen LogP contribution is 2.39. The van der Waals surface area contributed by atoms with Gasteiger partial charge in [-0.25, -0.2) is 4.39 Å². The Balaban J connectivity index is 1.69. The van der Waals surface area contributed by atoms with Crippen molar-refractivity contribution in [2.75, 3.05) is 20.3 Å². The van der Waals surface area contributed by atoms with E-state index in [0.717, 1.165) is 24.5 Å². The van der Waals surface area contributed by atoms with Crippen LogP contribution in [0.5, 0.6) is 5.75 Å². The Kier molecular flexibility index (Phi) is 4.55. The zero-order valence-corrected chi connectivity index (χ0v) is 16.4. The number of rotatable bonds is 4. The van der Waals surface area contributed by atoms with E-state index in [1.807, 2.05) is 12.1 Å². The van der Waals surface area contributed by atoms with E-state index in [9.17, 15) is 14.0 Å².